The molecule has 1 aliphatic rings. The number of rotatable bonds is 4. The zero-order valence-corrected chi connectivity index (χ0v) is 16.0. The molecule has 134 valence electrons. The Morgan fingerprint density at radius 1 is 1.28 bits per heavy atom. The Bertz CT molecular complexity index is 710. The summed E-state index contributed by atoms with van der Waals surface area (Å²) in [5.41, 5.74) is 2.99. The van der Waals surface area contributed by atoms with Gasteiger partial charge in [0.1, 0.15) is 5.82 Å². The van der Waals surface area contributed by atoms with Gasteiger partial charge in [0.05, 0.1) is 17.4 Å². The molecule has 1 N–H and O–H groups in total. The Balaban J connectivity index is 1.58. The normalized spacial score (nSPS) is 17.9. The van der Waals surface area contributed by atoms with Crippen LogP contribution in [0.3, 0.4) is 0 Å². The summed E-state index contributed by atoms with van der Waals surface area (Å²) < 4.78 is 0. The third kappa shape index (κ3) is 4.31. The molecule has 0 radical (unpaired) electrons. The van der Waals surface area contributed by atoms with Crippen LogP contribution < -0.4 is 10.2 Å². The Hall–Kier alpha value is -2.08. The summed E-state index contributed by atoms with van der Waals surface area (Å²) in [4.78, 5) is 21.1. The summed E-state index contributed by atoms with van der Waals surface area (Å²) in [5, 5.41) is 7.59. The average Bonchev–Trinajstić information content (AvgIpc) is 2.89. The van der Waals surface area contributed by atoms with Gasteiger partial charge in [-0.25, -0.2) is 4.98 Å². The van der Waals surface area contributed by atoms with Gasteiger partial charge >= 0.3 is 0 Å². The predicted octanol–water partition coefficient (Wildman–Crippen LogP) is 3.62. The van der Waals surface area contributed by atoms with Crippen LogP contribution in [-0.2, 0) is 0 Å². The van der Waals surface area contributed by atoms with Gasteiger partial charge in [-0.2, -0.15) is 11.3 Å². The number of likely N-dealkylation sites (tertiary alicyclic amines) is 1. The van der Waals surface area contributed by atoms with E-state index in [1.54, 1.807) is 11.3 Å². The molecular weight excluding hydrogens is 332 g/mol. The van der Waals surface area contributed by atoms with Gasteiger partial charge in [-0.15, -0.1) is 0 Å². The number of aromatic nitrogens is 1. The monoisotopic (exact) mass is 358 g/mol. The van der Waals surface area contributed by atoms with E-state index in [1.165, 1.54) is 0 Å². The second kappa shape index (κ2) is 7.87. The number of nitrogens with one attached hydrogen (secondary N) is 1. The summed E-state index contributed by atoms with van der Waals surface area (Å²) >= 11 is 1.60. The van der Waals surface area contributed by atoms with Gasteiger partial charge < -0.3 is 15.1 Å². The molecule has 0 unspecified atom stereocenters. The van der Waals surface area contributed by atoms with Crippen LogP contribution >= 0.6 is 11.3 Å². The fourth-order valence-corrected chi connectivity index (χ4v) is 3.99. The van der Waals surface area contributed by atoms with Crippen molar-refractivity contribution < 1.29 is 4.79 Å². The lowest BCUT2D eigenvalue weighted by atomic mass is 10.1. The second-order valence-electron chi connectivity index (χ2n) is 6.83. The highest BCUT2D eigenvalue weighted by Crippen LogP contribution is 2.21. The van der Waals surface area contributed by atoms with Gasteiger partial charge in [-0.1, -0.05) is 0 Å². The fourth-order valence-electron chi connectivity index (χ4n) is 3.17. The van der Waals surface area contributed by atoms with Crippen molar-refractivity contribution in [1.29, 1.82) is 0 Å². The lowest BCUT2D eigenvalue weighted by molar-refractivity contribution is 0.0761. The molecule has 0 spiro atoms. The van der Waals surface area contributed by atoms with Crippen molar-refractivity contribution in [3.63, 3.8) is 0 Å². The third-order valence-corrected chi connectivity index (χ3v) is 5.54. The van der Waals surface area contributed by atoms with Crippen molar-refractivity contribution in [2.24, 2.45) is 0 Å². The summed E-state index contributed by atoms with van der Waals surface area (Å²) in [6, 6.07) is 4.48. The van der Waals surface area contributed by atoms with Crippen LogP contribution in [0.4, 0.5) is 11.5 Å². The Morgan fingerprint density at radius 2 is 2.12 bits per heavy atom. The lowest BCUT2D eigenvalue weighted by Crippen LogP contribution is -2.32. The van der Waals surface area contributed by atoms with Crippen molar-refractivity contribution in [2.75, 3.05) is 37.4 Å². The highest BCUT2D eigenvalue weighted by molar-refractivity contribution is 7.08. The first-order chi connectivity index (χ1) is 12.0. The van der Waals surface area contributed by atoms with Gasteiger partial charge in [-0.3, -0.25) is 4.79 Å². The first kappa shape index (κ1) is 17.7. The minimum absolute atomic E-state index is 0.177. The molecule has 25 heavy (non-hydrogen) atoms. The molecule has 1 fully saturated rings. The molecule has 5 nitrogen and oxygen atoms in total. The van der Waals surface area contributed by atoms with Gasteiger partial charge in [0, 0.05) is 38.6 Å². The zero-order chi connectivity index (χ0) is 17.8. The number of hydrogen-bond donors (Lipinski definition) is 1. The molecule has 0 aromatic carbocycles. The predicted molar refractivity (Wildman–Crippen MR) is 105 cm³/mol. The minimum Gasteiger partial charge on any atom is -0.381 e. The van der Waals surface area contributed by atoms with E-state index in [0.29, 0.717) is 6.04 Å². The SMILES string of the molecule is Cc1cscc1C(=O)N1CCC[C@@H](Nc2ccc(N(C)C)nc2)CC1. The number of nitrogens with zero attached hydrogens (tertiary/aromatic N) is 3. The van der Waals surface area contributed by atoms with Gasteiger partial charge in [0.15, 0.2) is 0 Å². The number of thiophene rings is 1. The van der Waals surface area contributed by atoms with Crippen LogP contribution in [0.2, 0.25) is 0 Å². The molecule has 3 heterocycles. The molecule has 1 saturated heterocycles. The highest BCUT2D eigenvalue weighted by atomic mass is 32.1. The molecule has 1 aliphatic heterocycles. The molecule has 0 aliphatic carbocycles. The van der Waals surface area contributed by atoms with Crippen molar-refractivity contribution in [3.8, 4) is 0 Å². The van der Waals surface area contributed by atoms with E-state index in [4.69, 9.17) is 0 Å². The van der Waals surface area contributed by atoms with E-state index >= 15 is 0 Å². The van der Waals surface area contributed by atoms with Gasteiger partial charge in [0.25, 0.3) is 5.91 Å². The molecule has 1 amide bonds. The van der Waals surface area contributed by atoms with E-state index in [0.717, 1.165) is 55.0 Å². The number of pyridine rings is 1. The summed E-state index contributed by atoms with van der Waals surface area (Å²) in [6.07, 6.45) is 4.94. The minimum atomic E-state index is 0.177. The second-order valence-corrected chi connectivity index (χ2v) is 7.58. The van der Waals surface area contributed by atoms with E-state index in [1.807, 2.05) is 53.8 Å². The standard InChI is InChI=1S/C19H26N4OS/c1-14-12-25-13-17(14)19(24)23-9-4-5-15(8-10-23)21-16-6-7-18(20-11-16)22(2)3/h6-7,11-13,15,21H,4-5,8-10H2,1-3H3/t15-/m1/s1. The maximum atomic E-state index is 12.7. The molecule has 2 aromatic rings. The van der Waals surface area contributed by atoms with Crippen molar-refractivity contribution in [1.82, 2.24) is 9.88 Å². The highest BCUT2D eigenvalue weighted by Gasteiger charge is 2.22. The number of aryl methyl sites for hydroxylation is 1. The Morgan fingerprint density at radius 3 is 2.76 bits per heavy atom. The van der Waals surface area contributed by atoms with Gasteiger partial charge in [-0.05, 0) is 49.3 Å². The molecular formula is C19H26N4OS. The van der Waals surface area contributed by atoms with Gasteiger partial charge in [0.2, 0.25) is 0 Å². The number of hydrogen-bond acceptors (Lipinski definition) is 5. The summed E-state index contributed by atoms with van der Waals surface area (Å²) in [5.74, 6) is 1.13. The zero-order valence-electron chi connectivity index (χ0n) is 15.2. The number of anilines is 2. The Labute approximate surface area is 153 Å². The number of carbonyl (C=O) groups excluding carboxylic acids is 1. The first-order valence-corrected chi connectivity index (χ1v) is 9.71. The van der Waals surface area contributed by atoms with Crippen molar-refractivity contribution in [2.45, 2.75) is 32.2 Å². The molecule has 0 saturated carbocycles. The maximum absolute atomic E-state index is 12.7. The quantitative estimate of drug-likeness (QED) is 0.907. The summed E-state index contributed by atoms with van der Waals surface area (Å²) in [6.45, 7) is 3.65. The summed E-state index contributed by atoms with van der Waals surface area (Å²) in [7, 11) is 3.98. The van der Waals surface area contributed by atoms with Crippen LogP contribution in [0.15, 0.2) is 29.1 Å². The fraction of sp³-hybridized carbons (Fsp3) is 0.474. The largest absolute Gasteiger partial charge is 0.381 e. The van der Waals surface area contributed by atoms with Crippen molar-refractivity contribution >= 4 is 28.7 Å². The average molecular weight is 359 g/mol. The van der Waals surface area contributed by atoms with Crippen LogP contribution in [0.1, 0.15) is 35.2 Å². The van der Waals surface area contributed by atoms with Crippen LogP contribution in [-0.4, -0.2) is 49.0 Å². The van der Waals surface area contributed by atoms with Crippen LogP contribution in [0.5, 0.6) is 0 Å². The molecule has 1 atom stereocenters. The van der Waals surface area contributed by atoms with E-state index < -0.39 is 0 Å². The molecule has 6 heteroatoms. The molecule has 0 bridgehead atoms. The smallest absolute Gasteiger partial charge is 0.254 e. The molecule has 2 aromatic heterocycles. The number of amides is 1. The van der Waals surface area contributed by atoms with E-state index in [9.17, 15) is 4.79 Å². The Kier molecular flexibility index (Phi) is 5.58. The van der Waals surface area contributed by atoms with E-state index in [-0.39, 0.29) is 5.91 Å². The number of carbonyl (C=O) groups is 1. The molecule has 3 rings (SSSR count). The third-order valence-electron chi connectivity index (χ3n) is 4.68. The van der Waals surface area contributed by atoms with E-state index in [2.05, 4.69) is 16.4 Å². The van der Waals surface area contributed by atoms with Crippen molar-refractivity contribution in [3.05, 3.63) is 40.2 Å². The topological polar surface area (TPSA) is 48.5 Å². The lowest BCUT2D eigenvalue weighted by Gasteiger charge is -2.21. The maximum Gasteiger partial charge on any atom is 0.254 e. The van der Waals surface area contributed by atoms with Crippen LogP contribution in [0, 0.1) is 6.92 Å². The first-order valence-electron chi connectivity index (χ1n) is 8.76. The van der Waals surface area contributed by atoms with Crippen LogP contribution in [0.25, 0.3) is 0 Å².